The molecule has 0 saturated heterocycles. The molecule has 0 atom stereocenters. The quantitative estimate of drug-likeness (QED) is 0.399. The summed E-state index contributed by atoms with van der Waals surface area (Å²) in [5.41, 5.74) is 2.97. The number of unbranched alkanes of at least 4 members (excludes halogenated alkanes) is 1. The van der Waals surface area contributed by atoms with Crippen LogP contribution in [0.4, 0.5) is 11.4 Å². The lowest BCUT2D eigenvalue weighted by atomic mass is 10.1. The van der Waals surface area contributed by atoms with Crippen LogP contribution in [0.2, 0.25) is 0 Å². The molecular formula is C27H31N3O3. The van der Waals surface area contributed by atoms with Gasteiger partial charge in [-0.25, -0.2) is 0 Å². The zero-order valence-electron chi connectivity index (χ0n) is 19.2. The van der Waals surface area contributed by atoms with E-state index in [0.717, 1.165) is 29.8 Å². The van der Waals surface area contributed by atoms with E-state index in [4.69, 9.17) is 4.74 Å². The van der Waals surface area contributed by atoms with Crippen LogP contribution >= 0.6 is 0 Å². The fourth-order valence-corrected chi connectivity index (χ4v) is 3.30. The summed E-state index contributed by atoms with van der Waals surface area (Å²) < 4.78 is 5.71. The molecule has 0 aliphatic carbocycles. The van der Waals surface area contributed by atoms with Crippen molar-refractivity contribution in [3.63, 3.8) is 0 Å². The van der Waals surface area contributed by atoms with Gasteiger partial charge in [0.1, 0.15) is 5.75 Å². The first-order chi connectivity index (χ1) is 16.0. The molecule has 3 aromatic carbocycles. The number of hydrogen-bond acceptors (Lipinski definition) is 4. The maximum atomic E-state index is 12.8. The molecule has 6 heteroatoms. The van der Waals surface area contributed by atoms with Crippen LogP contribution in [0.5, 0.6) is 5.75 Å². The van der Waals surface area contributed by atoms with Crippen LogP contribution in [0.1, 0.15) is 35.7 Å². The van der Waals surface area contributed by atoms with E-state index < -0.39 is 0 Å². The number of rotatable bonds is 11. The number of nitrogens with one attached hydrogen (secondary N) is 2. The van der Waals surface area contributed by atoms with Crippen molar-refractivity contribution in [1.29, 1.82) is 0 Å². The monoisotopic (exact) mass is 445 g/mol. The highest BCUT2D eigenvalue weighted by molar-refractivity contribution is 5.98. The minimum Gasteiger partial charge on any atom is -0.494 e. The highest BCUT2D eigenvalue weighted by Gasteiger charge is 2.13. The number of benzene rings is 3. The summed E-state index contributed by atoms with van der Waals surface area (Å²) in [6, 6.07) is 24.4. The van der Waals surface area contributed by atoms with Gasteiger partial charge in [0.2, 0.25) is 5.91 Å². The summed E-state index contributed by atoms with van der Waals surface area (Å²) in [6.07, 6.45) is 2.08. The Morgan fingerprint density at radius 1 is 0.909 bits per heavy atom. The molecule has 2 N–H and O–H groups in total. The lowest BCUT2D eigenvalue weighted by Crippen LogP contribution is -2.26. The van der Waals surface area contributed by atoms with Crippen molar-refractivity contribution < 1.29 is 14.3 Å². The van der Waals surface area contributed by atoms with Gasteiger partial charge in [-0.3, -0.25) is 9.59 Å². The summed E-state index contributed by atoms with van der Waals surface area (Å²) in [6.45, 7) is 3.41. The van der Waals surface area contributed by atoms with Gasteiger partial charge in [0.15, 0.2) is 0 Å². The summed E-state index contributed by atoms with van der Waals surface area (Å²) in [7, 11) is 1.77. The molecule has 0 aromatic heterocycles. The molecule has 33 heavy (non-hydrogen) atoms. The molecule has 0 spiro atoms. The summed E-state index contributed by atoms with van der Waals surface area (Å²) in [5.74, 6) is 0.474. The molecule has 0 bridgehead atoms. The average Bonchev–Trinajstić information content (AvgIpc) is 2.83. The molecule has 0 saturated carbocycles. The van der Waals surface area contributed by atoms with Crippen LogP contribution in [-0.2, 0) is 11.3 Å². The molecule has 0 radical (unpaired) electrons. The second kappa shape index (κ2) is 12.3. The molecule has 0 unspecified atom stereocenters. The van der Waals surface area contributed by atoms with Crippen molar-refractivity contribution in [2.45, 2.75) is 26.3 Å². The highest BCUT2D eigenvalue weighted by Crippen LogP contribution is 2.18. The van der Waals surface area contributed by atoms with Gasteiger partial charge in [-0.05, 0) is 42.3 Å². The molecule has 0 fully saturated rings. The van der Waals surface area contributed by atoms with E-state index in [1.54, 1.807) is 36.2 Å². The van der Waals surface area contributed by atoms with Crippen molar-refractivity contribution in [2.24, 2.45) is 0 Å². The predicted molar refractivity (Wildman–Crippen MR) is 133 cm³/mol. The third-order valence-corrected chi connectivity index (χ3v) is 5.06. The van der Waals surface area contributed by atoms with E-state index in [2.05, 4.69) is 17.6 Å². The first-order valence-electron chi connectivity index (χ1n) is 11.2. The highest BCUT2D eigenvalue weighted by atomic mass is 16.5. The number of nitrogens with zero attached hydrogens (tertiary/aromatic N) is 1. The van der Waals surface area contributed by atoms with Crippen LogP contribution in [0.3, 0.4) is 0 Å². The van der Waals surface area contributed by atoms with Gasteiger partial charge in [-0.2, -0.15) is 0 Å². The number of amides is 2. The van der Waals surface area contributed by atoms with Gasteiger partial charge in [-0.1, -0.05) is 55.8 Å². The van der Waals surface area contributed by atoms with Gasteiger partial charge >= 0.3 is 0 Å². The van der Waals surface area contributed by atoms with Gasteiger partial charge < -0.3 is 20.3 Å². The van der Waals surface area contributed by atoms with Crippen molar-refractivity contribution in [3.05, 3.63) is 90.0 Å². The Morgan fingerprint density at radius 2 is 1.67 bits per heavy atom. The molecule has 3 aromatic rings. The largest absolute Gasteiger partial charge is 0.494 e. The SMILES string of the molecule is CCCCOc1cccc(NCC(=O)Nc2cccc(C(=O)N(C)Cc3ccccc3)c2)c1. The smallest absolute Gasteiger partial charge is 0.253 e. The molecule has 0 aliphatic rings. The fraction of sp³-hybridized carbons (Fsp3) is 0.259. The first-order valence-corrected chi connectivity index (χ1v) is 11.2. The number of ether oxygens (including phenoxy) is 1. The lowest BCUT2D eigenvalue weighted by Gasteiger charge is -2.18. The molecule has 0 aliphatic heterocycles. The first kappa shape index (κ1) is 23.9. The Hall–Kier alpha value is -3.80. The molecular weight excluding hydrogens is 414 g/mol. The average molecular weight is 446 g/mol. The van der Waals surface area contributed by atoms with Crippen molar-refractivity contribution in [2.75, 3.05) is 30.8 Å². The Balaban J connectivity index is 1.53. The summed E-state index contributed by atoms with van der Waals surface area (Å²) in [4.78, 5) is 26.9. The zero-order valence-corrected chi connectivity index (χ0v) is 19.2. The van der Waals surface area contributed by atoms with Crippen LogP contribution in [-0.4, -0.2) is 36.9 Å². The van der Waals surface area contributed by atoms with E-state index in [1.807, 2.05) is 54.6 Å². The standard InChI is InChI=1S/C27H31N3O3/c1-3-4-16-33-25-15-9-13-23(18-25)28-19-26(31)29-24-14-8-12-22(17-24)27(32)30(2)20-21-10-6-5-7-11-21/h5-15,17-18,28H,3-4,16,19-20H2,1-2H3,(H,29,31). The maximum Gasteiger partial charge on any atom is 0.253 e. The van der Waals surface area contributed by atoms with E-state index >= 15 is 0 Å². The second-order valence-corrected chi connectivity index (χ2v) is 7.86. The summed E-state index contributed by atoms with van der Waals surface area (Å²) >= 11 is 0. The topological polar surface area (TPSA) is 70.7 Å². The Kier molecular flexibility index (Phi) is 8.88. The number of hydrogen-bond donors (Lipinski definition) is 2. The minimum absolute atomic E-state index is 0.102. The number of anilines is 2. The molecule has 2 amide bonds. The molecule has 3 rings (SSSR count). The van der Waals surface area contributed by atoms with Crippen LogP contribution in [0.15, 0.2) is 78.9 Å². The zero-order chi connectivity index (χ0) is 23.5. The normalized spacial score (nSPS) is 10.4. The van der Waals surface area contributed by atoms with Gasteiger partial charge in [-0.15, -0.1) is 0 Å². The third kappa shape index (κ3) is 7.68. The van der Waals surface area contributed by atoms with E-state index in [-0.39, 0.29) is 18.4 Å². The maximum absolute atomic E-state index is 12.8. The van der Waals surface area contributed by atoms with Gasteiger partial charge in [0.25, 0.3) is 5.91 Å². The number of carbonyl (C=O) groups is 2. The molecule has 6 nitrogen and oxygen atoms in total. The third-order valence-electron chi connectivity index (χ3n) is 5.06. The number of carbonyl (C=O) groups excluding carboxylic acids is 2. The second-order valence-electron chi connectivity index (χ2n) is 7.86. The predicted octanol–water partition coefficient (Wildman–Crippen LogP) is 5.19. The van der Waals surface area contributed by atoms with Crippen LogP contribution < -0.4 is 15.4 Å². The van der Waals surface area contributed by atoms with Crippen LogP contribution in [0.25, 0.3) is 0 Å². The molecule has 172 valence electrons. The lowest BCUT2D eigenvalue weighted by molar-refractivity contribution is -0.114. The van der Waals surface area contributed by atoms with E-state index in [0.29, 0.717) is 24.4 Å². The van der Waals surface area contributed by atoms with Crippen LogP contribution in [0, 0.1) is 0 Å². The fourth-order valence-electron chi connectivity index (χ4n) is 3.30. The Morgan fingerprint density at radius 3 is 2.45 bits per heavy atom. The van der Waals surface area contributed by atoms with Gasteiger partial charge in [0, 0.05) is 36.6 Å². The Labute approximate surface area is 195 Å². The van der Waals surface area contributed by atoms with E-state index in [9.17, 15) is 9.59 Å². The molecule has 0 heterocycles. The van der Waals surface area contributed by atoms with E-state index in [1.165, 1.54) is 0 Å². The van der Waals surface area contributed by atoms with Gasteiger partial charge in [0.05, 0.1) is 13.2 Å². The minimum atomic E-state index is -0.199. The van der Waals surface area contributed by atoms with Crippen molar-refractivity contribution in [3.8, 4) is 5.75 Å². The summed E-state index contributed by atoms with van der Waals surface area (Å²) in [5, 5.41) is 5.96. The van der Waals surface area contributed by atoms with Crippen molar-refractivity contribution in [1.82, 2.24) is 4.90 Å². The van der Waals surface area contributed by atoms with Crippen molar-refractivity contribution >= 4 is 23.2 Å². The Bertz CT molecular complexity index is 1050.